The summed E-state index contributed by atoms with van der Waals surface area (Å²) in [5.41, 5.74) is 4.25. The van der Waals surface area contributed by atoms with Gasteiger partial charge in [-0.15, -0.1) is 0 Å². The van der Waals surface area contributed by atoms with E-state index in [0.29, 0.717) is 31.8 Å². The monoisotopic (exact) mass is 554 g/mol. The van der Waals surface area contributed by atoms with E-state index in [1.165, 1.54) is 0 Å². The molecule has 210 valence electrons. The van der Waals surface area contributed by atoms with Crippen LogP contribution in [-0.4, -0.2) is 42.0 Å². The zero-order valence-corrected chi connectivity index (χ0v) is 23.3. The Balaban J connectivity index is 1.47. The molecule has 0 aliphatic heterocycles. The first-order valence-corrected chi connectivity index (χ1v) is 14.5. The number of carboxylic acids is 2. The molecule has 0 aliphatic carbocycles. The van der Waals surface area contributed by atoms with Gasteiger partial charge in [0.1, 0.15) is 17.2 Å². The molecule has 0 unspecified atom stereocenters. The summed E-state index contributed by atoms with van der Waals surface area (Å²) in [6.45, 7) is 3.49. The Kier molecular flexibility index (Phi) is 12.7. The van der Waals surface area contributed by atoms with E-state index in [1.54, 1.807) is 11.3 Å². The average Bonchev–Trinajstić information content (AvgIpc) is 3.45. The molecule has 0 atom stereocenters. The number of thiophene rings is 1. The molecule has 2 N–H and O–H groups in total. The number of hydrogen-bond acceptors (Lipinski definition) is 6. The zero-order valence-electron chi connectivity index (χ0n) is 22.5. The summed E-state index contributed by atoms with van der Waals surface area (Å²) < 4.78 is 17.6. The Morgan fingerprint density at radius 2 is 1.51 bits per heavy atom. The van der Waals surface area contributed by atoms with Crippen molar-refractivity contribution in [2.75, 3.05) is 19.8 Å². The maximum Gasteiger partial charge on any atom is 0.303 e. The molecule has 2 aromatic carbocycles. The molecule has 0 aliphatic rings. The molecular weight excluding hydrogens is 516 g/mol. The van der Waals surface area contributed by atoms with Gasteiger partial charge in [-0.25, -0.2) is 0 Å². The fourth-order valence-electron chi connectivity index (χ4n) is 4.36. The number of ether oxygens (including phenoxy) is 3. The summed E-state index contributed by atoms with van der Waals surface area (Å²) in [5, 5.41) is 22.2. The molecule has 7 nitrogen and oxygen atoms in total. The van der Waals surface area contributed by atoms with Crippen LogP contribution in [0.2, 0.25) is 0 Å². The SMILES string of the molecule is CCOc1cc(OCCCCCCc2cccc(OCCCC(=O)O)c2CCC(=O)O)cc(-c2ccsc2)c1. The largest absolute Gasteiger partial charge is 0.494 e. The summed E-state index contributed by atoms with van der Waals surface area (Å²) in [4.78, 5) is 22.0. The summed E-state index contributed by atoms with van der Waals surface area (Å²) >= 11 is 1.66. The van der Waals surface area contributed by atoms with Crippen molar-refractivity contribution in [1.29, 1.82) is 0 Å². The number of aryl methyl sites for hydroxylation is 1. The number of hydrogen-bond donors (Lipinski definition) is 2. The molecule has 0 amide bonds. The second kappa shape index (κ2) is 16.4. The van der Waals surface area contributed by atoms with Gasteiger partial charge in [-0.2, -0.15) is 11.3 Å². The Labute approximate surface area is 234 Å². The van der Waals surface area contributed by atoms with Crippen LogP contribution < -0.4 is 14.2 Å². The van der Waals surface area contributed by atoms with Crippen molar-refractivity contribution in [3.63, 3.8) is 0 Å². The number of unbranched alkanes of at least 4 members (excludes halogenated alkanes) is 3. The van der Waals surface area contributed by atoms with Gasteiger partial charge in [0, 0.05) is 18.9 Å². The van der Waals surface area contributed by atoms with Gasteiger partial charge in [0.2, 0.25) is 0 Å². The minimum absolute atomic E-state index is 0.0262. The number of carboxylic acid groups (broad SMARTS) is 2. The molecule has 3 rings (SSSR count). The molecule has 3 aromatic rings. The minimum atomic E-state index is -0.856. The lowest BCUT2D eigenvalue weighted by atomic mass is 9.97. The van der Waals surface area contributed by atoms with Gasteiger partial charge in [0.15, 0.2) is 0 Å². The molecule has 0 saturated carbocycles. The summed E-state index contributed by atoms with van der Waals surface area (Å²) in [6, 6.07) is 13.9. The molecule has 0 spiro atoms. The number of aliphatic carboxylic acids is 2. The van der Waals surface area contributed by atoms with Gasteiger partial charge in [-0.3, -0.25) is 9.59 Å². The van der Waals surface area contributed by atoms with Crippen LogP contribution >= 0.6 is 11.3 Å². The highest BCUT2D eigenvalue weighted by Gasteiger charge is 2.12. The fraction of sp³-hybridized carbons (Fsp3) is 0.419. The van der Waals surface area contributed by atoms with Gasteiger partial charge in [-0.1, -0.05) is 25.0 Å². The lowest BCUT2D eigenvalue weighted by Crippen LogP contribution is -2.07. The fourth-order valence-corrected chi connectivity index (χ4v) is 5.03. The van der Waals surface area contributed by atoms with Gasteiger partial charge in [0.05, 0.1) is 19.8 Å². The van der Waals surface area contributed by atoms with E-state index >= 15 is 0 Å². The maximum atomic E-state index is 11.2. The summed E-state index contributed by atoms with van der Waals surface area (Å²) in [5.74, 6) is 0.568. The van der Waals surface area contributed by atoms with Crippen molar-refractivity contribution >= 4 is 23.3 Å². The van der Waals surface area contributed by atoms with Crippen LogP contribution in [0.5, 0.6) is 17.2 Å². The number of carbonyl (C=O) groups is 2. The normalized spacial score (nSPS) is 10.8. The molecule has 0 radical (unpaired) electrons. The maximum absolute atomic E-state index is 11.2. The van der Waals surface area contributed by atoms with E-state index in [4.69, 9.17) is 19.3 Å². The zero-order chi connectivity index (χ0) is 27.9. The predicted molar refractivity (Wildman–Crippen MR) is 153 cm³/mol. The molecule has 0 bridgehead atoms. The first-order chi connectivity index (χ1) is 19.0. The van der Waals surface area contributed by atoms with Crippen molar-refractivity contribution in [2.24, 2.45) is 0 Å². The quantitative estimate of drug-likeness (QED) is 0.150. The first kappa shape index (κ1) is 30.0. The molecule has 0 fully saturated rings. The second-order valence-corrected chi connectivity index (χ2v) is 10.1. The first-order valence-electron chi connectivity index (χ1n) is 13.6. The number of rotatable bonds is 19. The Morgan fingerprint density at radius 3 is 2.23 bits per heavy atom. The van der Waals surface area contributed by atoms with Crippen LogP contribution in [0.4, 0.5) is 0 Å². The summed E-state index contributed by atoms with van der Waals surface area (Å²) in [7, 11) is 0. The van der Waals surface area contributed by atoms with Crippen LogP contribution in [0.15, 0.2) is 53.2 Å². The van der Waals surface area contributed by atoms with Crippen LogP contribution in [0.25, 0.3) is 11.1 Å². The van der Waals surface area contributed by atoms with E-state index in [-0.39, 0.29) is 19.4 Å². The van der Waals surface area contributed by atoms with E-state index in [0.717, 1.165) is 65.9 Å². The minimum Gasteiger partial charge on any atom is -0.494 e. The van der Waals surface area contributed by atoms with Crippen molar-refractivity contribution in [3.05, 3.63) is 64.4 Å². The molecule has 39 heavy (non-hydrogen) atoms. The van der Waals surface area contributed by atoms with Gasteiger partial charge >= 0.3 is 11.9 Å². The third-order valence-electron chi connectivity index (χ3n) is 6.27. The molecule has 0 saturated heterocycles. The molecule has 1 heterocycles. The van der Waals surface area contributed by atoms with Gasteiger partial charge in [-0.05, 0) is 96.3 Å². The predicted octanol–water partition coefficient (Wildman–Crippen LogP) is 7.26. The van der Waals surface area contributed by atoms with Gasteiger partial charge < -0.3 is 24.4 Å². The van der Waals surface area contributed by atoms with E-state index in [2.05, 4.69) is 22.9 Å². The van der Waals surface area contributed by atoms with Gasteiger partial charge in [0.25, 0.3) is 0 Å². The van der Waals surface area contributed by atoms with Crippen molar-refractivity contribution in [1.82, 2.24) is 0 Å². The highest BCUT2D eigenvalue weighted by atomic mass is 32.1. The lowest BCUT2D eigenvalue weighted by Gasteiger charge is -2.15. The summed E-state index contributed by atoms with van der Waals surface area (Å²) in [6.07, 6.45) is 5.68. The highest BCUT2D eigenvalue weighted by molar-refractivity contribution is 7.08. The molecular formula is C31H38O7S. The topological polar surface area (TPSA) is 102 Å². The Hall–Kier alpha value is -3.52. The second-order valence-electron chi connectivity index (χ2n) is 9.28. The van der Waals surface area contributed by atoms with Crippen molar-refractivity contribution in [2.45, 2.75) is 64.7 Å². The molecule has 1 aromatic heterocycles. The van der Waals surface area contributed by atoms with E-state index < -0.39 is 11.9 Å². The Bertz CT molecular complexity index is 1170. The number of benzene rings is 2. The van der Waals surface area contributed by atoms with Crippen LogP contribution in [0.1, 0.15) is 63.0 Å². The third kappa shape index (κ3) is 10.6. The lowest BCUT2D eigenvalue weighted by molar-refractivity contribution is -0.138. The smallest absolute Gasteiger partial charge is 0.303 e. The standard InChI is InChI=1S/C31H38O7S/c1-2-36-26-19-25(24-15-18-39-22-24)20-27(21-26)37-16-6-4-3-5-9-23-10-7-11-29(28(23)13-14-31(34)35)38-17-8-12-30(32)33/h7,10-11,15,18-22H,2-6,8-9,12-14,16-17H2,1H3,(H,32,33)(H,34,35). The average molecular weight is 555 g/mol. The van der Waals surface area contributed by atoms with Crippen molar-refractivity contribution < 1.29 is 34.0 Å². The van der Waals surface area contributed by atoms with Crippen LogP contribution in [0, 0.1) is 0 Å². The van der Waals surface area contributed by atoms with Crippen molar-refractivity contribution in [3.8, 4) is 28.4 Å². The van der Waals surface area contributed by atoms with Crippen LogP contribution in [0.3, 0.4) is 0 Å². The molecule has 8 heteroatoms. The third-order valence-corrected chi connectivity index (χ3v) is 6.95. The highest BCUT2D eigenvalue weighted by Crippen LogP contribution is 2.31. The van der Waals surface area contributed by atoms with E-state index in [9.17, 15) is 14.7 Å². The van der Waals surface area contributed by atoms with E-state index in [1.807, 2.05) is 37.3 Å². The van der Waals surface area contributed by atoms with Crippen LogP contribution in [-0.2, 0) is 22.4 Å². The Morgan fingerprint density at radius 1 is 0.769 bits per heavy atom.